The number of hydrogen-bond donors (Lipinski definition) is 2. The summed E-state index contributed by atoms with van der Waals surface area (Å²) in [6.45, 7) is 0.837. The van der Waals surface area contributed by atoms with E-state index in [2.05, 4.69) is 20.9 Å². The number of rotatable bonds is 1. The number of carbonyl (C=O) groups excluding carboxylic acids is 3. The van der Waals surface area contributed by atoms with Gasteiger partial charge in [-0.1, -0.05) is 18.2 Å². The van der Waals surface area contributed by atoms with Crippen molar-refractivity contribution in [2.45, 2.75) is 19.4 Å². The zero-order valence-corrected chi connectivity index (χ0v) is 17.2. The summed E-state index contributed by atoms with van der Waals surface area (Å²) in [5.41, 5.74) is 6.10. The Balaban J connectivity index is 1.79. The number of carbonyl (C=O) groups is 3. The Morgan fingerprint density at radius 1 is 1.00 bits per heavy atom. The molecule has 0 aliphatic carbocycles. The number of fused-ring (bicyclic) bond motifs is 10. The van der Waals surface area contributed by atoms with Gasteiger partial charge >= 0.3 is 5.97 Å². The number of benzene rings is 3. The maximum absolute atomic E-state index is 13.0. The number of esters is 1. The fourth-order valence-corrected chi connectivity index (χ4v) is 5.66. The second-order valence-corrected chi connectivity index (χ2v) is 8.45. The highest BCUT2D eigenvalue weighted by Crippen LogP contribution is 2.45. The molecular weight excluding hydrogens is 406 g/mol. The topological polar surface area (TPSA) is 93.2 Å². The number of ether oxygens (including phenoxy) is 1. The van der Waals surface area contributed by atoms with Crippen LogP contribution in [0.25, 0.3) is 43.6 Å². The molecule has 0 bridgehead atoms. The van der Waals surface area contributed by atoms with Crippen molar-refractivity contribution in [2.24, 2.45) is 0 Å². The van der Waals surface area contributed by atoms with Crippen LogP contribution in [0.1, 0.15) is 43.1 Å². The van der Waals surface area contributed by atoms with E-state index >= 15 is 0 Å². The molecule has 7 heteroatoms. The van der Waals surface area contributed by atoms with Gasteiger partial charge in [-0.25, -0.2) is 4.79 Å². The minimum absolute atomic E-state index is 0.370. The third-order valence-corrected chi connectivity index (χ3v) is 6.88. The molecule has 5 aromatic rings. The average molecular weight is 423 g/mol. The normalized spacial score (nSPS) is 15.2. The Kier molecular flexibility index (Phi) is 3.16. The van der Waals surface area contributed by atoms with Crippen LogP contribution in [0.3, 0.4) is 0 Å². The van der Waals surface area contributed by atoms with E-state index in [0.717, 1.165) is 57.6 Å². The predicted molar refractivity (Wildman–Crippen MR) is 120 cm³/mol. The third kappa shape index (κ3) is 1.94. The summed E-state index contributed by atoms with van der Waals surface area (Å²) in [7, 11) is 1.34. The van der Waals surface area contributed by atoms with Crippen molar-refractivity contribution in [1.82, 2.24) is 14.9 Å². The van der Waals surface area contributed by atoms with Crippen LogP contribution in [-0.2, 0) is 17.7 Å². The molecule has 0 radical (unpaired) electrons. The molecule has 0 fully saturated rings. The molecule has 2 aliphatic rings. The van der Waals surface area contributed by atoms with Crippen LogP contribution in [-0.4, -0.2) is 34.4 Å². The van der Waals surface area contributed by atoms with Crippen LogP contribution in [0, 0.1) is 0 Å². The van der Waals surface area contributed by atoms with Crippen LogP contribution < -0.4 is 5.32 Å². The summed E-state index contributed by atoms with van der Waals surface area (Å²) in [6, 6.07) is 11.4. The third-order valence-electron chi connectivity index (χ3n) is 6.88. The highest BCUT2D eigenvalue weighted by Gasteiger charge is 2.36. The fraction of sp³-hybridized carbons (Fsp3) is 0.160. The van der Waals surface area contributed by atoms with Crippen LogP contribution in [0.15, 0.2) is 36.4 Å². The van der Waals surface area contributed by atoms with Gasteiger partial charge in [0.1, 0.15) is 0 Å². The first-order valence-corrected chi connectivity index (χ1v) is 10.6. The van der Waals surface area contributed by atoms with E-state index in [-0.39, 0.29) is 5.91 Å². The van der Waals surface area contributed by atoms with E-state index in [0.29, 0.717) is 22.1 Å². The van der Waals surface area contributed by atoms with E-state index in [1.54, 1.807) is 12.1 Å². The van der Waals surface area contributed by atoms with Gasteiger partial charge in [0.05, 0.1) is 40.4 Å². The van der Waals surface area contributed by atoms with E-state index in [1.807, 2.05) is 18.2 Å². The summed E-state index contributed by atoms with van der Waals surface area (Å²) < 4.78 is 7.16. The number of nitrogens with zero attached hydrogens (tertiary/aromatic N) is 1. The fourth-order valence-electron chi connectivity index (χ4n) is 5.66. The maximum Gasteiger partial charge on any atom is 0.337 e. The number of hydrogen-bond acceptors (Lipinski definition) is 4. The van der Waals surface area contributed by atoms with Gasteiger partial charge in [0.25, 0.3) is 11.8 Å². The van der Waals surface area contributed by atoms with Gasteiger partial charge in [-0.05, 0) is 36.6 Å². The van der Waals surface area contributed by atoms with Gasteiger partial charge in [-0.15, -0.1) is 0 Å². The molecular formula is C25H17N3O4. The number of amides is 2. The number of aromatic nitrogens is 2. The van der Waals surface area contributed by atoms with Crippen molar-refractivity contribution >= 4 is 61.4 Å². The molecule has 3 aromatic carbocycles. The number of para-hydroxylation sites is 1. The van der Waals surface area contributed by atoms with Gasteiger partial charge in [-0.2, -0.15) is 0 Å². The zero-order chi connectivity index (χ0) is 21.7. The van der Waals surface area contributed by atoms with Gasteiger partial charge in [0, 0.05) is 33.6 Å². The summed E-state index contributed by atoms with van der Waals surface area (Å²) in [6.07, 6.45) is 1.99. The molecule has 2 amide bonds. The first kappa shape index (κ1) is 17.5. The Hall–Kier alpha value is -4.13. The van der Waals surface area contributed by atoms with Crippen LogP contribution >= 0.6 is 0 Å². The number of aromatic amines is 1. The lowest BCUT2D eigenvalue weighted by Gasteiger charge is -2.16. The second-order valence-electron chi connectivity index (χ2n) is 8.45. The minimum Gasteiger partial charge on any atom is -0.465 e. The lowest BCUT2D eigenvalue weighted by Crippen LogP contribution is -2.20. The first-order chi connectivity index (χ1) is 15.6. The first-order valence-electron chi connectivity index (χ1n) is 10.6. The Bertz CT molecular complexity index is 1720. The van der Waals surface area contributed by atoms with Crippen LogP contribution in [0.5, 0.6) is 0 Å². The van der Waals surface area contributed by atoms with E-state index < -0.39 is 11.9 Å². The molecule has 7 rings (SSSR count). The van der Waals surface area contributed by atoms with Crippen LogP contribution in [0.4, 0.5) is 0 Å². The van der Waals surface area contributed by atoms with Gasteiger partial charge < -0.3 is 14.3 Å². The molecule has 4 heterocycles. The molecule has 0 atom stereocenters. The van der Waals surface area contributed by atoms with Gasteiger partial charge in [-0.3, -0.25) is 14.9 Å². The Morgan fingerprint density at radius 3 is 2.62 bits per heavy atom. The lowest BCUT2D eigenvalue weighted by atomic mass is 9.96. The highest BCUT2D eigenvalue weighted by molar-refractivity contribution is 6.39. The Morgan fingerprint density at radius 2 is 1.81 bits per heavy atom. The van der Waals surface area contributed by atoms with Gasteiger partial charge in [0.2, 0.25) is 0 Å². The summed E-state index contributed by atoms with van der Waals surface area (Å²) in [4.78, 5) is 41.7. The molecule has 2 aromatic heterocycles. The van der Waals surface area contributed by atoms with E-state index in [1.165, 1.54) is 12.7 Å². The van der Waals surface area contributed by atoms with Crippen molar-refractivity contribution in [3.05, 3.63) is 58.7 Å². The summed E-state index contributed by atoms with van der Waals surface area (Å²) >= 11 is 0. The predicted octanol–water partition coefficient (Wildman–Crippen LogP) is 4.05. The monoisotopic (exact) mass is 423 g/mol. The molecule has 7 nitrogen and oxygen atoms in total. The molecule has 0 spiro atoms. The van der Waals surface area contributed by atoms with E-state index in [4.69, 9.17) is 4.74 Å². The lowest BCUT2D eigenvalue weighted by molar-refractivity contribution is 0.0600. The molecule has 2 aliphatic heterocycles. The average Bonchev–Trinajstić information content (AvgIpc) is 3.44. The SMILES string of the molecule is COC(=O)c1ccc2[nH]c3c(c4c(c5c6cccc7c6n(c35)CCC7)C(=O)NC4=O)c2c1. The largest absolute Gasteiger partial charge is 0.465 e. The standard InChI is InChI=1S/C25H17N3O4/c1-32-25(31)12-7-8-15-14(10-12)16-18-19(24(30)27-23(18)29)17-13-6-2-4-11-5-3-9-28(21(11)13)22(17)20(16)26-15/h2,4,6-8,10,26H,3,5,9H2,1H3,(H,27,29,30). The van der Waals surface area contributed by atoms with Gasteiger partial charge in [0.15, 0.2) is 0 Å². The summed E-state index contributed by atoms with van der Waals surface area (Å²) in [5, 5.41) is 5.70. The van der Waals surface area contributed by atoms with Crippen molar-refractivity contribution < 1.29 is 19.1 Å². The van der Waals surface area contributed by atoms with Crippen molar-refractivity contribution in [1.29, 1.82) is 0 Å². The molecule has 0 saturated heterocycles. The second kappa shape index (κ2) is 5.76. The smallest absolute Gasteiger partial charge is 0.337 e. The maximum atomic E-state index is 13.0. The summed E-state index contributed by atoms with van der Waals surface area (Å²) in [5.74, 6) is -1.24. The molecule has 0 saturated carbocycles. The van der Waals surface area contributed by atoms with Crippen molar-refractivity contribution in [2.75, 3.05) is 7.11 Å². The molecule has 32 heavy (non-hydrogen) atoms. The van der Waals surface area contributed by atoms with Crippen molar-refractivity contribution in [3.63, 3.8) is 0 Å². The molecule has 0 unspecified atom stereocenters. The number of imide groups is 1. The molecule has 2 N–H and O–H groups in total. The zero-order valence-electron chi connectivity index (χ0n) is 17.2. The Labute approximate surface area is 180 Å². The van der Waals surface area contributed by atoms with E-state index in [9.17, 15) is 14.4 Å². The number of aryl methyl sites for hydroxylation is 2. The van der Waals surface area contributed by atoms with Crippen LogP contribution in [0.2, 0.25) is 0 Å². The molecule has 156 valence electrons. The number of H-pyrrole nitrogens is 1. The number of methoxy groups -OCH3 is 1. The van der Waals surface area contributed by atoms with Crippen molar-refractivity contribution in [3.8, 4) is 0 Å². The highest BCUT2D eigenvalue weighted by atomic mass is 16.5. The quantitative estimate of drug-likeness (QED) is 0.314. The number of nitrogens with one attached hydrogen (secondary N) is 2. The minimum atomic E-state index is -0.451.